The predicted molar refractivity (Wildman–Crippen MR) is 139 cm³/mol. The summed E-state index contributed by atoms with van der Waals surface area (Å²) in [6, 6.07) is 26.8. The van der Waals surface area contributed by atoms with E-state index >= 15 is 0 Å². The van der Waals surface area contributed by atoms with Crippen LogP contribution >= 0.6 is 46.4 Å². The Hall–Kier alpha value is -2.62. The first-order valence-electron chi connectivity index (χ1n) is 9.68. The minimum atomic E-state index is 0.495. The van der Waals surface area contributed by atoms with Crippen molar-refractivity contribution in [2.75, 3.05) is 0 Å². The molecule has 0 saturated carbocycles. The van der Waals surface area contributed by atoms with Crippen molar-refractivity contribution >= 4 is 70.2 Å². The van der Waals surface area contributed by atoms with Gasteiger partial charge in [-0.15, -0.1) is 0 Å². The maximum absolute atomic E-state index is 6.20. The second-order valence-electron chi connectivity index (χ2n) is 6.90. The summed E-state index contributed by atoms with van der Waals surface area (Å²) in [4.78, 5) is 8.97. The maximum atomic E-state index is 6.20. The molecule has 32 heavy (non-hydrogen) atoms. The molecule has 0 amide bonds. The van der Waals surface area contributed by atoms with Crippen LogP contribution in [0.15, 0.2) is 94.9 Å². The lowest BCUT2D eigenvalue weighted by atomic mass is 10.1. The number of hydrogen-bond acceptors (Lipinski definition) is 2. The quantitative estimate of drug-likeness (QED) is 0.245. The van der Waals surface area contributed by atoms with Crippen LogP contribution in [0.5, 0.6) is 0 Å². The van der Waals surface area contributed by atoms with Gasteiger partial charge in [0, 0.05) is 23.6 Å². The van der Waals surface area contributed by atoms with E-state index < -0.39 is 0 Å². The molecular weight excluding hydrogens is 482 g/mol. The third-order valence-electron chi connectivity index (χ3n) is 4.74. The summed E-state index contributed by atoms with van der Waals surface area (Å²) in [5.74, 6) is 0. The van der Waals surface area contributed by atoms with E-state index in [4.69, 9.17) is 46.4 Å². The van der Waals surface area contributed by atoms with Gasteiger partial charge in [-0.05, 0) is 47.5 Å². The molecule has 0 atom stereocenters. The second-order valence-corrected chi connectivity index (χ2v) is 8.47. The van der Waals surface area contributed by atoms with Crippen LogP contribution in [0.25, 0.3) is 11.1 Å². The van der Waals surface area contributed by atoms with Gasteiger partial charge in [0.2, 0.25) is 0 Å². The Morgan fingerprint density at radius 1 is 0.469 bits per heavy atom. The molecule has 6 heteroatoms. The Kier molecular flexibility index (Phi) is 7.29. The Bertz CT molecular complexity index is 1190. The van der Waals surface area contributed by atoms with Crippen LogP contribution in [0.3, 0.4) is 0 Å². The zero-order valence-corrected chi connectivity index (χ0v) is 19.7. The summed E-state index contributed by atoms with van der Waals surface area (Å²) >= 11 is 24.5. The summed E-state index contributed by atoms with van der Waals surface area (Å²) in [6.45, 7) is 0. The molecule has 4 rings (SSSR count). The summed E-state index contributed by atoms with van der Waals surface area (Å²) in [5.41, 5.74) is 5.36. The van der Waals surface area contributed by atoms with E-state index in [1.54, 1.807) is 24.6 Å². The fourth-order valence-electron chi connectivity index (χ4n) is 3.01. The van der Waals surface area contributed by atoms with Crippen LogP contribution in [0, 0.1) is 0 Å². The normalized spacial score (nSPS) is 11.5. The van der Waals surface area contributed by atoms with Crippen molar-refractivity contribution in [2.45, 2.75) is 0 Å². The molecule has 0 bridgehead atoms. The van der Waals surface area contributed by atoms with Gasteiger partial charge < -0.3 is 0 Å². The molecule has 0 radical (unpaired) electrons. The molecule has 0 unspecified atom stereocenters. The Balaban J connectivity index is 1.46. The molecule has 0 fully saturated rings. The van der Waals surface area contributed by atoms with Gasteiger partial charge in [-0.25, -0.2) is 0 Å². The predicted octanol–water partition coefficient (Wildman–Crippen LogP) is 9.47. The Labute approximate surface area is 206 Å². The van der Waals surface area contributed by atoms with Gasteiger partial charge in [-0.2, -0.15) is 0 Å². The number of halogens is 4. The fourth-order valence-corrected chi connectivity index (χ4v) is 3.72. The third-order valence-corrected chi connectivity index (χ3v) is 6.40. The molecule has 0 aliphatic rings. The molecule has 158 valence electrons. The maximum Gasteiger partial charge on any atom is 0.0680 e. The third kappa shape index (κ3) is 5.40. The van der Waals surface area contributed by atoms with E-state index in [1.807, 2.05) is 72.8 Å². The average Bonchev–Trinajstić information content (AvgIpc) is 2.82. The lowest BCUT2D eigenvalue weighted by Gasteiger charge is -2.04. The largest absolute Gasteiger partial charge is 0.256 e. The van der Waals surface area contributed by atoms with Crippen LogP contribution in [0.2, 0.25) is 20.1 Å². The topological polar surface area (TPSA) is 24.7 Å². The van der Waals surface area contributed by atoms with Gasteiger partial charge in [0.05, 0.1) is 31.5 Å². The summed E-state index contributed by atoms with van der Waals surface area (Å²) in [6.07, 6.45) is 3.42. The molecule has 0 N–H and O–H groups in total. The van der Waals surface area contributed by atoms with Crippen molar-refractivity contribution < 1.29 is 0 Å². The average molecular weight is 498 g/mol. The lowest BCUT2D eigenvalue weighted by molar-refractivity contribution is 1.50. The van der Waals surface area contributed by atoms with Crippen LogP contribution in [-0.4, -0.2) is 12.4 Å². The molecular formula is C26H16Cl4N2. The Morgan fingerprint density at radius 3 is 1.22 bits per heavy atom. The summed E-state index contributed by atoms with van der Waals surface area (Å²) in [5, 5.41) is 2.01. The highest BCUT2D eigenvalue weighted by atomic mass is 35.5. The van der Waals surface area contributed by atoms with E-state index in [2.05, 4.69) is 9.98 Å². The van der Waals surface area contributed by atoms with Crippen molar-refractivity contribution in [3.05, 3.63) is 116 Å². The van der Waals surface area contributed by atoms with E-state index in [9.17, 15) is 0 Å². The van der Waals surface area contributed by atoms with Gasteiger partial charge in [-0.1, -0.05) is 94.9 Å². The first-order valence-corrected chi connectivity index (χ1v) is 11.2. The molecule has 0 aromatic heterocycles. The Morgan fingerprint density at radius 2 is 0.844 bits per heavy atom. The first-order chi connectivity index (χ1) is 15.5. The molecule has 0 spiro atoms. The first kappa shape index (κ1) is 22.6. The minimum Gasteiger partial charge on any atom is -0.256 e. The highest BCUT2D eigenvalue weighted by molar-refractivity contribution is 6.44. The zero-order valence-electron chi connectivity index (χ0n) is 16.6. The second kappa shape index (κ2) is 10.3. The van der Waals surface area contributed by atoms with Gasteiger partial charge in [0.1, 0.15) is 0 Å². The van der Waals surface area contributed by atoms with E-state index in [0.29, 0.717) is 20.1 Å². The smallest absolute Gasteiger partial charge is 0.0680 e. The molecule has 4 aromatic carbocycles. The number of rotatable bonds is 5. The molecule has 2 nitrogen and oxygen atoms in total. The van der Waals surface area contributed by atoms with Crippen molar-refractivity contribution in [1.82, 2.24) is 0 Å². The highest BCUT2D eigenvalue weighted by Gasteiger charge is 2.03. The van der Waals surface area contributed by atoms with Crippen LogP contribution < -0.4 is 0 Å². The van der Waals surface area contributed by atoms with E-state index in [0.717, 1.165) is 33.6 Å². The van der Waals surface area contributed by atoms with Gasteiger partial charge in [0.15, 0.2) is 0 Å². The van der Waals surface area contributed by atoms with Crippen molar-refractivity contribution in [2.24, 2.45) is 9.98 Å². The van der Waals surface area contributed by atoms with Crippen molar-refractivity contribution in [3.63, 3.8) is 0 Å². The lowest BCUT2D eigenvalue weighted by Crippen LogP contribution is -1.83. The van der Waals surface area contributed by atoms with Gasteiger partial charge >= 0.3 is 0 Å². The van der Waals surface area contributed by atoms with Crippen molar-refractivity contribution in [1.29, 1.82) is 0 Å². The highest BCUT2D eigenvalue weighted by Crippen LogP contribution is 2.28. The molecule has 0 aliphatic heterocycles. The van der Waals surface area contributed by atoms with Gasteiger partial charge in [-0.3, -0.25) is 9.98 Å². The number of aliphatic imine (C=N–C) groups is 2. The minimum absolute atomic E-state index is 0.495. The molecule has 0 saturated heterocycles. The number of nitrogens with zero attached hydrogens (tertiary/aromatic N) is 2. The SMILES string of the molecule is Clc1cccc(C=Nc2ccc(-c3ccc(N=Cc4cccc(Cl)c4Cl)cc3)cc2)c1Cl. The number of benzene rings is 4. The summed E-state index contributed by atoms with van der Waals surface area (Å²) in [7, 11) is 0. The van der Waals surface area contributed by atoms with Crippen LogP contribution in [0.4, 0.5) is 11.4 Å². The van der Waals surface area contributed by atoms with E-state index in [1.165, 1.54) is 0 Å². The summed E-state index contributed by atoms with van der Waals surface area (Å²) < 4.78 is 0. The van der Waals surface area contributed by atoms with Crippen molar-refractivity contribution in [3.8, 4) is 11.1 Å². The molecule has 0 aliphatic carbocycles. The van der Waals surface area contributed by atoms with E-state index in [-0.39, 0.29) is 0 Å². The standard InChI is InChI=1S/C26H16Cl4N2/c27-23-5-1-3-19(25(23)29)15-31-21-11-7-17(8-12-21)18-9-13-22(14-10-18)32-16-20-4-2-6-24(28)26(20)30/h1-16H. The van der Waals surface area contributed by atoms with Crippen LogP contribution in [0.1, 0.15) is 11.1 Å². The molecule has 0 heterocycles. The fraction of sp³-hybridized carbons (Fsp3) is 0. The number of hydrogen-bond donors (Lipinski definition) is 0. The zero-order chi connectivity index (χ0) is 22.5. The van der Waals surface area contributed by atoms with Crippen LogP contribution in [-0.2, 0) is 0 Å². The molecule has 4 aromatic rings. The van der Waals surface area contributed by atoms with Gasteiger partial charge in [0.25, 0.3) is 0 Å². The monoisotopic (exact) mass is 496 g/mol.